The Bertz CT molecular complexity index is 858. The Morgan fingerprint density at radius 2 is 1.75 bits per heavy atom. The lowest BCUT2D eigenvalue weighted by Crippen LogP contribution is -2.28. The van der Waals surface area contributed by atoms with Gasteiger partial charge in [0.1, 0.15) is 0 Å². The molecule has 0 bridgehead atoms. The van der Waals surface area contributed by atoms with Crippen LogP contribution < -0.4 is 11.1 Å². The average molecular weight is 360 g/mol. The molecule has 1 aromatic heterocycles. The van der Waals surface area contributed by atoms with Gasteiger partial charge in [0.05, 0.1) is 12.1 Å². The lowest BCUT2D eigenvalue weighted by molar-refractivity contribution is 0.432. The maximum Gasteiger partial charge on any atom is 0.241 e. The van der Waals surface area contributed by atoms with Crippen LogP contribution in [0.3, 0.4) is 0 Å². The third-order valence-corrected chi connectivity index (χ3v) is 4.90. The van der Waals surface area contributed by atoms with Gasteiger partial charge in [-0.1, -0.05) is 59.6 Å². The minimum atomic E-state index is -0.141. The summed E-state index contributed by atoms with van der Waals surface area (Å²) in [6.07, 6.45) is 0.739. The van der Waals surface area contributed by atoms with E-state index in [9.17, 15) is 0 Å². The smallest absolute Gasteiger partial charge is 0.241 e. The molecule has 0 radical (unpaired) electrons. The topological polar surface area (TPSA) is 68.8 Å². The van der Waals surface area contributed by atoms with Crippen molar-refractivity contribution in [1.29, 1.82) is 0 Å². The molecule has 0 aliphatic carbocycles. The minimum absolute atomic E-state index is 0.0691. The Hall–Kier alpha value is -2.24. The molecule has 3 aromatic rings. The van der Waals surface area contributed by atoms with Gasteiger partial charge < -0.3 is 11.1 Å². The number of anilines is 2. The van der Waals surface area contributed by atoms with Crippen molar-refractivity contribution in [2.45, 2.75) is 18.5 Å². The maximum atomic E-state index is 6.43. The molecule has 0 unspecified atom stereocenters. The quantitative estimate of drug-likeness (QED) is 0.714. The SMILES string of the molecule is Nc1nc2n(n1)[C@H](c1c(Cl)cccc1Cl)C[C@@H](c1ccccc1)N2. The lowest BCUT2D eigenvalue weighted by atomic mass is 9.93. The van der Waals surface area contributed by atoms with Crippen LogP contribution in [0.5, 0.6) is 0 Å². The van der Waals surface area contributed by atoms with Gasteiger partial charge in [-0.25, -0.2) is 4.68 Å². The van der Waals surface area contributed by atoms with E-state index in [1.54, 1.807) is 4.68 Å². The summed E-state index contributed by atoms with van der Waals surface area (Å²) >= 11 is 12.9. The zero-order valence-electron chi connectivity index (χ0n) is 12.7. The number of nitrogen functional groups attached to an aromatic ring is 1. The summed E-state index contributed by atoms with van der Waals surface area (Å²) in [7, 11) is 0. The minimum Gasteiger partial charge on any atom is -0.366 e. The van der Waals surface area contributed by atoms with Gasteiger partial charge in [-0.05, 0) is 24.1 Å². The fraction of sp³-hybridized carbons (Fsp3) is 0.176. The highest BCUT2D eigenvalue weighted by Crippen LogP contribution is 2.42. The predicted octanol–water partition coefficient (Wildman–Crippen LogP) is 4.31. The van der Waals surface area contributed by atoms with Gasteiger partial charge in [-0.3, -0.25) is 0 Å². The van der Waals surface area contributed by atoms with Gasteiger partial charge >= 0.3 is 0 Å². The Kier molecular flexibility index (Phi) is 3.82. The van der Waals surface area contributed by atoms with Gasteiger partial charge in [-0.15, -0.1) is 5.10 Å². The van der Waals surface area contributed by atoms with Crippen LogP contribution in [0.4, 0.5) is 11.9 Å². The Morgan fingerprint density at radius 1 is 1.04 bits per heavy atom. The van der Waals surface area contributed by atoms with E-state index in [0.29, 0.717) is 16.0 Å². The van der Waals surface area contributed by atoms with Crippen LogP contribution in [0.2, 0.25) is 10.0 Å². The fourth-order valence-corrected chi connectivity index (χ4v) is 3.82. The van der Waals surface area contributed by atoms with E-state index in [2.05, 4.69) is 27.5 Å². The highest BCUT2D eigenvalue weighted by molar-refractivity contribution is 6.36. The number of rotatable bonds is 2. The Balaban J connectivity index is 1.83. The molecule has 24 heavy (non-hydrogen) atoms. The van der Waals surface area contributed by atoms with Crippen molar-refractivity contribution in [2.75, 3.05) is 11.1 Å². The lowest BCUT2D eigenvalue weighted by Gasteiger charge is -2.32. The molecular formula is C17H15Cl2N5. The number of aromatic nitrogens is 3. The standard InChI is InChI=1S/C17H15Cl2N5/c18-11-7-4-8-12(19)15(11)14-9-13(10-5-2-1-3-6-10)21-17-22-16(20)23-24(14)17/h1-8,13-14H,9H2,(H3,20,21,22,23)/t13-,14-/m0/s1. The van der Waals surface area contributed by atoms with Crippen LogP contribution >= 0.6 is 23.2 Å². The number of nitrogens with zero attached hydrogens (tertiary/aromatic N) is 3. The molecule has 3 N–H and O–H groups in total. The van der Waals surface area contributed by atoms with Crippen molar-refractivity contribution < 1.29 is 0 Å². The number of benzene rings is 2. The van der Waals surface area contributed by atoms with Gasteiger partial charge in [-0.2, -0.15) is 4.98 Å². The predicted molar refractivity (Wildman–Crippen MR) is 96.5 cm³/mol. The molecular weight excluding hydrogens is 345 g/mol. The number of halogens is 2. The molecule has 0 spiro atoms. The fourth-order valence-electron chi connectivity index (χ4n) is 3.17. The summed E-state index contributed by atoms with van der Waals surface area (Å²) in [6.45, 7) is 0. The van der Waals surface area contributed by atoms with E-state index < -0.39 is 0 Å². The van der Waals surface area contributed by atoms with Gasteiger partial charge in [0.15, 0.2) is 0 Å². The van der Waals surface area contributed by atoms with Crippen LogP contribution in [-0.4, -0.2) is 14.8 Å². The van der Waals surface area contributed by atoms with E-state index in [1.807, 2.05) is 36.4 Å². The number of fused-ring (bicyclic) bond motifs is 1. The van der Waals surface area contributed by atoms with Gasteiger partial charge in [0, 0.05) is 15.6 Å². The molecule has 2 atom stereocenters. The third kappa shape index (κ3) is 2.60. The summed E-state index contributed by atoms with van der Waals surface area (Å²) < 4.78 is 1.77. The van der Waals surface area contributed by atoms with E-state index in [1.165, 1.54) is 5.56 Å². The second kappa shape index (κ2) is 6.00. The number of hydrogen-bond donors (Lipinski definition) is 2. The molecule has 2 aromatic carbocycles. The molecule has 1 aliphatic rings. The zero-order valence-corrected chi connectivity index (χ0v) is 14.2. The van der Waals surface area contributed by atoms with E-state index >= 15 is 0 Å². The molecule has 2 heterocycles. The first-order valence-corrected chi connectivity index (χ1v) is 8.36. The molecule has 0 saturated heterocycles. The number of nitrogens with two attached hydrogens (primary N) is 1. The second-order valence-corrected chi connectivity index (χ2v) is 6.55. The van der Waals surface area contributed by atoms with Crippen LogP contribution in [0, 0.1) is 0 Å². The van der Waals surface area contributed by atoms with Crippen molar-refractivity contribution in [3.8, 4) is 0 Å². The molecule has 0 saturated carbocycles. The molecule has 4 rings (SSSR count). The zero-order chi connectivity index (χ0) is 16.7. The Morgan fingerprint density at radius 3 is 2.46 bits per heavy atom. The first-order chi connectivity index (χ1) is 11.6. The maximum absolute atomic E-state index is 6.43. The monoisotopic (exact) mass is 359 g/mol. The first-order valence-electron chi connectivity index (χ1n) is 7.61. The first kappa shape index (κ1) is 15.3. The summed E-state index contributed by atoms with van der Waals surface area (Å²) in [4.78, 5) is 4.29. The van der Waals surface area contributed by atoms with Crippen LogP contribution in [0.15, 0.2) is 48.5 Å². The van der Waals surface area contributed by atoms with Crippen molar-refractivity contribution in [2.24, 2.45) is 0 Å². The average Bonchev–Trinajstić information content (AvgIpc) is 2.95. The summed E-state index contributed by atoms with van der Waals surface area (Å²) in [6, 6.07) is 15.6. The van der Waals surface area contributed by atoms with Crippen LogP contribution in [0.1, 0.15) is 29.6 Å². The van der Waals surface area contributed by atoms with Crippen LogP contribution in [0.25, 0.3) is 0 Å². The van der Waals surface area contributed by atoms with Gasteiger partial charge in [0.2, 0.25) is 11.9 Å². The number of nitrogens with one attached hydrogen (secondary N) is 1. The Labute approximate surface area is 149 Å². The third-order valence-electron chi connectivity index (χ3n) is 4.24. The molecule has 0 fully saturated rings. The van der Waals surface area contributed by atoms with Gasteiger partial charge in [0.25, 0.3) is 0 Å². The van der Waals surface area contributed by atoms with Crippen molar-refractivity contribution in [1.82, 2.24) is 14.8 Å². The van der Waals surface area contributed by atoms with Crippen molar-refractivity contribution >= 4 is 35.1 Å². The van der Waals surface area contributed by atoms with E-state index in [-0.39, 0.29) is 18.0 Å². The van der Waals surface area contributed by atoms with E-state index in [0.717, 1.165) is 12.0 Å². The molecule has 5 nitrogen and oxygen atoms in total. The highest BCUT2D eigenvalue weighted by Gasteiger charge is 2.33. The molecule has 1 aliphatic heterocycles. The largest absolute Gasteiger partial charge is 0.366 e. The summed E-state index contributed by atoms with van der Waals surface area (Å²) in [5.41, 5.74) is 7.82. The molecule has 0 amide bonds. The highest BCUT2D eigenvalue weighted by atomic mass is 35.5. The summed E-state index contributed by atoms with van der Waals surface area (Å²) in [5.74, 6) is 0.841. The van der Waals surface area contributed by atoms with Crippen molar-refractivity contribution in [3.05, 3.63) is 69.7 Å². The summed E-state index contributed by atoms with van der Waals surface area (Å²) in [5, 5.41) is 8.94. The molecule has 7 heteroatoms. The van der Waals surface area contributed by atoms with E-state index in [4.69, 9.17) is 28.9 Å². The number of hydrogen-bond acceptors (Lipinski definition) is 4. The van der Waals surface area contributed by atoms with Crippen molar-refractivity contribution in [3.63, 3.8) is 0 Å². The van der Waals surface area contributed by atoms with Crippen LogP contribution in [-0.2, 0) is 0 Å². The second-order valence-electron chi connectivity index (χ2n) is 5.73. The normalized spacial score (nSPS) is 19.6. The molecule has 122 valence electrons.